The van der Waals surface area contributed by atoms with Crippen molar-refractivity contribution in [1.82, 2.24) is 8.61 Å². The maximum Gasteiger partial charge on any atom is 0.243 e. The summed E-state index contributed by atoms with van der Waals surface area (Å²) >= 11 is 24.3. The number of methoxy groups -OCH3 is 2. The number of piperazine rings is 1. The first kappa shape index (κ1) is 25.6. The molecule has 0 radical (unpaired) electrons. The summed E-state index contributed by atoms with van der Waals surface area (Å²) in [7, 11) is -5.19. The fourth-order valence-corrected chi connectivity index (χ4v) is 7.70. The molecule has 1 aliphatic heterocycles. The Hall–Kier alpha value is -0.980. The minimum atomic E-state index is -3.96. The Morgan fingerprint density at radius 3 is 1.09 bits per heavy atom. The lowest BCUT2D eigenvalue weighted by Crippen LogP contribution is -2.50. The van der Waals surface area contributed by atoms with Crippen molar-refractivity contribution in [2.75, 3.05) is 40.4 Å². The average Bonchev–Trinajstić information content (AvgIpc) is 2.73. The van der Waals surface area contributed by atoms with Crippen LogP contribution in [0.3, 0.4) is 0 Å². The Labute approximate surface area is 206 Å². The summed E-state index contributed by atoms with van der Waals surface area (Å²) in [6, 6.07) is 4.97. The fourth-order valence-electron chi connectivity index (χ4n) is 3.21. The van der Waals surface area contributed by atoms with Gasteiger partial charge < -0.3 is 9.47 Å². The van der Waals surface area contributed by atoms with Gasteiger partial charge in [-0.05, 0) is 24.3 Å². The van der Waals surface area contributed by atoms with E-state index >= 15 is 0 Å². The third-order valence-corrected chi connectivity index (χ3v) is 9.70. The lowest BCUT2D eigenvalue weighted by molar-refractivity contribution is 0.273. The first-order valence-corrected chi connectivity index (χ1v) is 13.4. The lowest BCUT2D eigenvalue weighted by Gasteiger charge is -2.33. The second-order valence-corrected chi connectivity index (χ2v) is 12.2. The zero-order chi connectivity index (χ0) is 23.8. The molecule has 0 spiro atoms. The summed E-state index contributed by atoms with van der Waals surface area (Å²) in [6.07, 6.45) is 0. The van der Waals surface area contributed by atoms with E-state index in [0.717, 1.165) is 0 Å². The zero-order valence-corrected chi connectivity index (χ0v) is 21.5. The Bertz CT molecular complexity index is 1100. The molecule has 8 nitrogen and oxygen atoms in total. The van der Waals surface area contributed by atoms with Crippen LogP contribution in [0, 0.1) is 0 Å². The van der Waals surface area contributed by atoms with E-state index in [1.54, 1.807) is 0 Å². The minimum absolute atomic E-state index is 0.0491. The van der Waals surface area contributed by atoms with Crippen molar-refractivity contribution in [3.63, 3.8) is 0 Å². The van der Waals surface area contributed by atoms with Crippen molar-refractivity contribution < 1.29 is 26.3 Å². The molecule has 1 fully saturated rings. The van der Waals surface area contributed by atoms with Crippen LogP contribution in [0.2, 0.25) is 20.1 Å². The molecule has 2 aromatic carbocycles. The molecule has 0 N–H and O–H groups in total. The monoisotopic (exact) mass is 562 g/mol. The summed E-state index contributed by atoms with van der Waals surface area (Å²) in [4.78, 5) is -0.225. The standard InChI is InChI=1S/C18H18Cl4N2O6S2/c1-29-17-13(19)7-11(8-14(17)20)31(25,26)23-3-5-24(6-4-23)32(27,28)12-9-15(21)18(30-2)16(22)10-12/h7-10H,3-6H2,1-2H3. The van der Waals surface area contributed by atoms with Crippen LogP contribution in [0.1, 0.15) is 0 Å². The number of hydrogen-bond donors (Lipinski definition) is 0. The van der Waals surface area contributed by atoms with Gasteiger partial charge in [-0.15, -0.1) is 0 Å². The van der Waals surface area contributed by atoms with Crippen LogP contribution >= 0.6 is 46.4 Å². The molecule has 0 aromatic heterocycles. The molecule has 1 saturated heterocycles. The maximum atomic E-state index is 13.0. The Balaban J connectivity index is 1.81. The predicted molar refractivity (Wildman–Crippen MR) is 124 cm³/mol. The predicted octanol–water partition coefficient (Wildman–Crippen LogP) is 4.01. The Morgan fingerprint density at radius 1 is 0.625 bits per heavy atom. The zero-order valence-electron chi connectivity index (χ0n) is 16.8. The van der Waals surface area contributed by atoms with E-state index in [-0.39, 0.29) is 67.6 Å². The van der Waals surface area contributed by atoms with Crippen molar-refractivity contribution in [2.45, 2.75) is 9.79 Å². The normalized spacial score (nSPS) is 16.2. The molecular weight excluding hydrogens is 546 g/mol. The van der Waals surface area contributed by atoms with E-state index in [4.69, 9.17) is 55.9 Å². The number of hydrogen-bond acceptors (Lipinski definition) is 6. The molecule has 176 valence electrons. The number of sulfonamides is 2. The molecule has 0 unspecified atom stereocenters. The molecule has 32 heavy (non-hydrogen) atoms. The molecule has 0 saturated carbocycles. The van der Waals surface area contributed by atoms with E-state index in [2.05, 4.69) is 0 Å². The summed E-state index contributed by atoms with van der Waals surface area (Å²) in [6.45, 7) is -0.276. The van der Waals surface area contributed by atoms with E-state index < -0.39 is 20.0 Å². The van der Waals surface area contributed by atoms with Crippen LogP contribution in [0.25, 0.3) is 0 Å². The highest BCUT2D eigenvalue weighted by molar-refractivity contribution is 7.89. The topological polar surface area (TPSA) is 93.2 Å². The van der Waals surface area contributed by atoms with Crippen molar-refractivity contribution in [1.29, 1.82) is 0 Å². The minimum Gasteiger partial charge on any atom is -0.494 e. The van der Waals surface area contributed by atoms with Gasteiger partial charge in [-0.25, -0.2) is 16.8 Å². The molecule has 0 amide bonds. The van der Waals surface area contributed by atoms with Gasteiger partial charge in [0.2, 0.25) is 20.0 Å². The lowest BCUT2D eigenvalue weighted by atomic mass is 10.3. The van der Waals surface area contributed by atoms with Gasteiger partial charge in [0.15, 0.2) is 11.5 Å². The highest BCUT2D eigenvalue weighted by atomic mass is 35.5. The first-order valence-electron chi connectivity index (χ1n) is 9.00. The summed E-state index contributed by atoms with van der Waals surface area (Å²) in [5.41, 5.74) is 0. The van der Waals surface area contributed by atoms with Crippen molar-refractivity contribution in [3.05, 3.63) is 44.4 Å². The van der Waals surface area contributed by atoms with Gasteiger partial charge in [0, 0.05) is 26.2 Å². The van der Waals surface area contributed by atoms with Crippen molar-refractivity contribution in [3.8, 4) is 11.5 Å². The van der Waals surface area contributed by atoms with E-state index in [9.17, 15) is 16.8 Å². The highest BCUT2D eigenvalue weighted by Gasteiger charge is 2.35. The van der Waals surface area contributed by atoms with Gasteiger partial charge in [0.1, 0.15) is 0 Å². The van der Waals surface area contributed by atoms with Gasteiger partial charge in [0.25, 0.3) is 0 Å². The van der Waals surface area contributed by atoms with Gasteiger partial charge in [-0.2, -0.15) is 8.61 Å². The summed E-state index contributed by atoms with van der Waals surface area (Å²) in [5.74, 6) is 0.333. The van der Waals surface area contributed by atoms with Gasteiger partial charge in [-0.3, -0.25) is 0 Å². The van der Waals surface area contributed by atoms with E-state index in [1.807, 2.05) is 0 Å². The Morgan fingerprint density at radius 2 is 0.875 bits per heavy atom. The van der Waals surface area contributed by atoms with Gasteiger partial charge >= 0.3 is 0 Å². The molecule has 2 aromatic rings. The number of nitrogens with zero attached hydrogens (tertiary/aromatic N) is 2. The first-order chi connectivity index (χ1) is 14.9. The quantitative estimate of drug-likeness (QED) is 0.527. The molecule has 3 rings (SSSR count). The molecule has 1 heterocycles. The molecule has 0 aliphatic carbocycles. The second-order valence-electron chi connectivity index (χ2n) is 6.65. The van der Waals surface area contributed by atoms with E-state index in [0.29, 0.717) is 0 Å². The molecule has 0 bridgehead atoms. The van der Waals surface area contributed by atoms with Gasteiger partial charge in [-0.1, -0.05) is 46.4 Å². The molecular formula is C18H18Cl4N2O6S2. The van der Waals surface area contributed by atoms with Crippen molar-refractivity contribution in [2.24, 2.45) is 0 Å². The number of ether oxygens (including phenoxy) is 2. The number of benzene rings is 2. The summed E-state index contributed by atoms with van der Waals surface area (Å²) < 4.78 is 64.5. The number of halogens is 4. The molecule has 1 aliphatic rings. The van der Waals surface area contributed by atoms with Gasteiger partial charge in [0.05, 0.1) is 44.1 Å². The van der Waals surface area contributed by atoms with Crippen LogP contribution in [0.15, 0.2) is 34.1 Å². The maximum absolute atomic E-state index is 13.0. The fraction of sp³-hybridized carbons (Fsp3) is 0.333. The molecule has 14 heteroatoms. The smallest absolute Gasteiger partial charge is 0.243 e. The SMILES string of the molecule is COc1c(Cl)cc(S(=O)(=O)N2CCN(S(=O)(=O)c3cc(Cl)c(OC)c(Cl)c3)CC2)cc1Cl. The largest absolute Gasteiger partial charge is 0.494 e. The van der Waals surface area contributed by atoms with Crippen LogP contribution in [0.4, 0.5) is 0 Å². The highest BCUT2D eigenvalue weighted by Crippen LogP contribution is 2.37. The van der Waals surface area contributed by atoms with Crippen LogP contribution in [-0.4, -0.2) is 65.8 Å². The third kappa shape index (κ3) is 4.78. The Kier molecular flexibility index (Phi) is 7.78. The second kappa shape index (κ2) is 9.71. The van der Waals surface area contributed by atoms with Crippen LogP contribution in [0.5, 0.6) is 11.5 Å². The third-order valence-electron chi connectivity index (χ3n) is 4.82. The van der Waals surface area contributed by atoms with Crippen molar-refractivity contribution >= 4 is 66.5 Å². The summed E-state index contributed by atoms with van der Waals surface area (Å²) in [5, 5.41) is 0.196. The van der Waals surface area contributed by atoms with Crippen LogP contribution in [-0.2, 0) is 20.0 Å². The number of rotatable bonds is 6. The molecule has 0 atom stereocenters. The average molecular weight is 564 g/mol. The van der Waals surface area contributed by atoms with E-state index in [1.165, 1.54) is 47.1 Å². The van der Waals surface area contributed by atoms with Crippen LogP contribution < -0.4 is 9.47 Å².